The van der Waals surface area contributed by atoms with E-state index in [1.54, 1.807) is 7.05 Å². The van der Waals surface area contributed by atoms with E-state index in [1.807, 2.05) is 30.3 Å². The number of ether oxygens (including phenoxy) is 1. The van der Waals surface area contributed by atoms with Crippen LogP contribution in [0.4, 0.5) is 0 Å². The summed E-state index contributed by atoms with van der Waals surface area (Å²) >= 11 is 0. The molecule has 0 bridgehead atoms. The summed E-state index contributed by atoms with van der Waals surface area (Å²) in [4.78, 5) is 6.71. The van der Waals surface area contributed by atoms with Crippen LogP contribution in [0.1, 0.15) is 19.4 Å². The predicted octanol–water partition coefficient (Wildman–Crippen LogP) is 1.83. The van der Waals surface area contributed by atoms with Crippen LogP contribution < -0.4 is 10.6 Å². The largest absolute Gasteiger partial charge is 0.379 e. The molecule has 1 aliphatic heterocycles. The van der Waals surface area contributed by atoms with Crippen molar-refractivity contribution in [2.75, 3.05) is 52.2 Å². The van der Waals surface area contributed by atoms with Gasteiger partial charge in [0.05, 0.1) is 13.2 Å². The summed E-state index contributed by atoms with van der Waals surface area (Å²) in [6, 6.07) is 9.96. The molecule has 0 saturated carbocycles. The van der Waals surface area contributed by atoms with Crippen molar-refractivity contribution in [2.45, 2.75) is 25.1 Å². The fraction of sp³-hybridized carbons (Fsp3) is 0.632. The van der Waals surface area contributed by atoms with E-state index in [0.717, 1.165) is 44.4 Å². The summed E-state index contributed by atoms with van der Waals surface area (Å²) in [5.74, 6) is 1.95. The zero-order valence-corrected chi connectivity index (χ0v) is 19.7. The molecule has 0 spiro atoms. The Bertz CT molecular complexity index is 593. The van der Waals surface area contributed by atoms with Gasteiger partial charge in [0, 0.05) is 61.1 Å². The molecular formula is C19H33IN4O2S. The summed E-state index contributed by atoms with van der Waals surface area (Å²) in [7, 11) is 0.880. The summed E-state index contributed by atoms with van der Waals surface area (Å²) in [5, 5.41) is 6.65. The highest BCUT2D eigenvalue weighted by Crippen LogP contribution is 2.14. The summed E-state index contributed by atoms with van der Waals surface area (Å²) in [5.41, 5.74) is 1.14. The van der Waals surface area contributed by atoms with Gasteiger partial charge < -0.3 is 15.4 Å². The van der Waals surface area contributed by atoms with Crippen molar-refractivity contribution in [2.24, 2.45) is 4.99 Å². The zero-order chi connectivity index (χ0) is 18.8. The quantitative estimate of drug-likeness (QED) is 0.319. The van der Waals surface area contributed by atoms with Crippen molar-refractivity contribution < 1.29 is 8.95 Å². The number of hydrogen-bond donors (Lipinski definition) is 2. The number of guanidine groups is 1. The molecule has 2 rings (SSSR count). The lowest BCUT2D eigenvalue weighted by atomic mass is 10.0. The molecule has 1 heterocycles. The van der Waals surface area contributed by atoms with Crippen molar-refractivity contribution in [3.05, 3.63) is 35.9 Å². The van der Waals surface area contributed by atoms with E-state index < -0.39 is 10.8 Å². The minimum atomic E-state index is -0.882. The average molecular weight is 508 g/mol. The van der Waals surface area contributed by atoms with Gasteiger partial charge in [-0.25, -0.2) is 0 Å². The molecule has 1 aliphatic rings. The summed E-state index contributed by atoms with van der Waals surface area (Å²) in [6.07, 6.45) is 0. The topological polar surface area (TPSA) is 66.0 Å². The van der Waals surface area contributed by atoms with Gasteiger partial charge in [0.25, 0.3) is 0 Å². The Hall–Kier alpha value is -0.710. The van der Waals surface area contributed by atoms with Crippen LogP contribution in [-0.4, -0.2) is 72.8 Å². The molecule has 1 fully saturated rings. The maximum atomic E-state index is 12.2. The second-order valence-corrected chi connectivity index (χ2v) is 8.61. The van der Waals surface area contributed by atoms with Crippen LogP contribution in [-0.2, 0) is 21.3 Å². The number of aliphatic imine (C=N–C) groups is 1. The fourth-order valence-corrected chi connectivity index (χ4v) is 3.95. The molecule has 0 aliphatic carbocycles. The Labute approximate surface area is 183 Å². The van der Waals surface area contributed by atoms with E-state index in [-0.39, 0.29) is 29.5 Å². The molecule has 8 heteroatoms. The van der Waals surface area contributed by atoms with Gasteiger partial charge in [0.2, 0.25) is 0 Å². The Kier molecular flexibility index (Phi) is 11.4. The molecule has 0 amide bonds. The second kappa shape index (κ2) is 12.7. The number of nitrogens with zero attached hydrogens (tertiary/aromatic N) is 2. The highest BCUT2D eigenvalue weighted by Gasteiger charge is 2.28. The Morgan fingerprint density at radius 2 is 1.89 bits per heavy atom. The van der Waals surface area contributed by atoms with Gasteiger partial charge in [0.15, 0.2) is 5.96 Å². The van der Waals surface area contributed by atoms with Gasteiger partial charge in [-0.15, -0.1) is 24.0 Å². The van der Waals surface area contributed by atoms with Crippen LogP contribution in [0.3, 0.4) is 0 Å². The SMILES string of the molecule is CN=C(NCCS(=O)Cc1ccccc1)NCC(C)(C)N1CCOCC1.I. The average Bonchev–Trinajstić information content (AvgIpc) is 2.66. The van der Waals surface area contributed by atoms with E-state index in [4.69, 9.17) is 4.74 Å². The molecule has 6 nitrogen and oxygen atoms in total. The molecular weight excluding hydrogens is 475 g/mol. The number of rotatable bonds is 8. The Morgan fingerprint density at radius 1 is 1.22 bits per heavy atom. The van der Waals surface area contributed by atoms with E-state index in [0.29, 0.717) is 18.1 Å². The van der Waals surface area contributed by atoms with Crippen LogP contribution in [0.25, 0.3) is 0 Å². The molecule has 1 aromatic carbocycles. The van der Waals surface area contributed by atoms with Crippen molar-refractivity contribution >= 4 is 40.7 Å². The number of nitrogens with one attached hydrogen (secondary N) is 2. The molecule has 27 heavy (non-hydrogen) atoms. The van der Waals surface area contributed by atoms with E-state index in [9.17, 15) is 4.21 Å². The number of morpholine rings is 1. The normalized spacial score (nSPS) is 17.1. The molecule has 1 unspecified atom stereocenters. The third kappa shape index (κ3) is 8.89. The lowest BCUT2D eigenvalue weighted by Crippen LogP contribution is -2.56. The maximum absolute atomic E-state index is 12.2. The van der Waals surface area contributed by atoms with Crippen LogP contribution in [0.15, 0.2) is 35.3 Å². The molecule has 2 N–H and O–H groups in total. The summed E-state index contributed by atoms with van der Waals surface area (Å²) in [6.45, 7) is 9.39. The summed E-state index contributed by atoms with van der Waals surface area (Å²) < 4.78 is 17.6. The van der Waals surface area contributed by atoms with Gasteiger partial charge in [-0.1, -0.05) is 30.3 Å². The lowest BCUT2D eigenvalue weighted by molar-refractivity contribution is -0.00833. The van der Waals surface area contributed by atoms with Crippen LogP contribution in [0, 0.1) is 0 Å². The van der Waals surface area contributed by atoms with Crippen LogP contribution >= 0.6 is 24.0 Å². The predicted molar refractivity (Wildman–Crippen MR) is 124 cm³/mol. The smallest absolute Gasteiger partial charge is 0.191 e. The van der Waals surface area contributed by atoms with Crippen molar-refractivity contribution in [3.8, 4) is 0 Å². The standard InChI is InChI=1S/C19H32N4O2S.HI/c1-19(2,23-10-12-25-13-11-23)16-22-18(20-3)21-9-14-26(24)15-17-7-5-4-6-8-17;/h4-8H,9-16H2,1-3H3,(H2,20,21,22);1H. The first-order chi connectivity index (χ1) is 12.5. The highest BCUT2D eigenvalue weighted by atomic mass is 127. The van der Waals surface area contributed by atoms with E-state index in [2.05, 4.69) is 34.4 Å². The molecule has 1 saturated heterocycles. The second-order valence-electron chi connectivity index (χ2n) is 7.04. The Morgan fingerprint density at radius 3 is 2.52 bits per heavy atom. The molecule has 0 radical (unpaired) electrons. The van der Waals surface area contributed by atoms with Crippen molar-refractivity contribution in [1.29, 1.82) is 0 Å². The lowest BCUT2D eigenvalue weighted by Gasteiger charge is -2.41. The van der Waals surface area contributed by atoms with Gasteiger partial charge >= 0.3 is 0 Å². The van der Waals surface area contributed by atoms with Gasteiger partial charge in [-0.05, 0) is 19.4 Å². The first-order valence-electron chi connectivity index (χ1n) is 9.17. The molecule has 1 atom stereocenters. The molecule has 1 aromatic rings. The molecule has 154 valence electrons. The van der Waals surface area contributed by atoms with Gasteiger partial charge in [0.1, 0.15) is 0 Å². The number of halogens is 1. The maximum Gasteiger partial charge on any atom is 0.191 e. The van der Waals surface area contributed by atoms with E-state index in [1.165, 1.54) is 0 Å². The van der Waals surface area contributed by atoms with Crippen LogP contribution in [0.5, 0.6) is 0 Å². The first-order valence-corrected chi connectivity index (χ1v) is 10.7. The van der Waals surface area contributed by atoms with Crippen molar-refractivity contribution in [1.82, 2.24) is 15.5 Å². The number of benzene rings is 1. The Balaban J connectivity index is 0.00000364. The number of hydrogen-bond acceptors (Lipinski definition) is 4. The van der Waals surface area contributed by atoms with Gasteiger partial charge in [-0.2, -0.15) is 0 Å². The van der Waals surface area contributed by atoms with Crippen molar-refractivity contribution in [3.63, 3.8) is 0 Å². The minimum Gasteiger partial charge on any atom is -0.379 e. The highest BCUT2D eigenvalue weighted by molar-refractivity contribution is 14.0. The van der Waals surface area contributed by atoms with Crippen LogP contribution in [0.2, 0.25) is 0 Å². The third-order valence-corrected chi connectivity index (χ3v) is 5.89. The van der Waals surface area contributed by atoms with Gasteiger partial charge in [-0.3, -0.25) is 14.1 Å². The zero-order valence-electron chi connectivity index (χ0n) is 16.6. The minimum absolute atomic E-state index is 0. The monoisotopic (exact) mass is 508 g/mol. The third-order valence-electron chi connectivity index (χ3n) is 4.57. The first kappa shape index (κ1) is 24.3. The molecule has 0 aromatic heterocycles. The fourth-order valence-electron chi connectivity index (χ4n) is 2.92. The van der Waals surface area contributed by atoms with E-state index >= 15 is 0 Å².